The Morgan fingerprint density at radius 3 is 2.55 bits per heavy atom. The van der Waals surface area contributed by atoms with Gasteiger partial charge in [-0.25, -0.2) is 8.42 Å². The molecule has 31 heavy (non-hydrogen) atoms. The zero-order chi connectivity index (χ0) is 22.6. The fraction of sp³-hybridized carbons (Fsp3) is 0.500. The van der Waals surface area contributed by atoms with Crippen molar-refractivity contribution >= 4 is 10.0 Å². The molecule has 1 heterocycles. The van der Waals surface area contributed by atoms with Gasteiger partial charge in [0.2, 0.25) is 10.0 Å². The summed E-state index contributed by atoms with van der Waals surface area (Å²) in [5.74, 6) is 0.328. The number of fused-ring (bicyclic) bond motifs is 1. The molecular weight excluding hydrogens is 412 g/mol. The van der Waals surface area contributed by atoms with Gasteiger partial charge in [-0.05, 0) is 50.2 Å². The van der Waals surface area contributed by atoms with Gasteiger partial charge in [0, 0.05) is 25.0 Å². The average Bonchev–Trinajstić information content (AvgIpc) is 2.76. The summed E-state index contributed by atoms with van der Waals surface area (Å²) >= 11 is 0. The summed E-state index contributed by atoms with van der Waals surface area (Å²) < 4.78 is 34.9. The Bertz CT molecular complexity index is 965. The van der Waals surface area contributed by atoms with Crippen LogP contribution in [0.4, 0.5) is 0 Å². The number of sulfonamides is 1. The van der Waals surface area contributed by atoms with Gasteiger partial charge in [0.15, 0.2) is 0 Å². The SMILES string of the molecule is CCCN(C)C[C@@H]1Oc2cc(-c3ccccc3)ccc2S(=O)(=O)N([C@@H](C)CO)C[C@@H]1C. The molecule has 0 fully saturated rings. The monoisotopic (exact) mass is 446 g/mol. The molecule has 0 spiro atoms. The zero-order valence-electron chi connectivity index (χ0n) is 18.9. The number of likely N-dealkylation sites (N-methyl/N-ethyl adjacent to an activating group) is 1. The molecule has 0 saturated heterocycles. The van der Waals surface area contributed by atoms with Crippen molar-refractivity contribution in [2.24, 2.45) is 5.92 Å². The second kappa shape index (κ2) is 10.1. The maximum absolute atomic E-state index is 13.5. The standard InChI is InChI=1S/C24H34N2O4S/c1-5-13-25(4)16-23-18(2)15-26(19(3)17-27)31(28,29)24-12-11-21(14-22(24)30-23)20-9-7-6-8-10-20/h6-12,14,18-19,23,27H,5,13,15-17H2,1-4H3/t18-,19-,23-/m0/s1. The second-order valence-electron chi connectivity index (χ2n) is 8.53. The van der Waals surface area contributed by atoms with Crippen LogP contribution in [0, 0.1) is 5.92 Å². The van der Waals surface area contributed by atoms with Gasteiger partial charge in [-0.15, -0.1) is 0 Å². The number of hydrogen-bond acceptors (Lipinski definition) is 5. The van der Waals surface area contributed by atoms with Crippen LogP contribution in [0.5, 0.6) is 5.75 Å². The fourth-order valence-corrected chi connectivity index (χ4v) is 5.86. The third-order valence-electron chi connectivity index (χ3n) is 5.87. The Morgan fingerprint density at radius 2 is 1.90 bits per heavy atom. The first-order chi connectivity index (χ1) is 14.8. The van der Waals surface area contributed by atoms with Gasteiger partial charge in [-0.1, -0.05) is 50.2 Å². The Balaban J connectivity index is 2.10. The fourth-order valence-electron chi connectivity index (χ4n) is 4.03. The van der Waals surface area contributed by atoms with Crippen LogP contribution < -0.4 is 4.74 Å². The van der Waals surface area contributed by atoms with Crippen molar-refractivity contribution in [2.45, 2.75) is 44.2 Å². The normalized spacial score (nSPS) is 22.3. The van der Waals surface area contributed by atoms with Crippen LogP contribution in [0.2, 0.25) is 0 Å². The number of hydrogen-bond donors (Lipinski definition) is 1. The van der Waals surface area contributed by atoms with Crippen molar-refractivity contribution in [2.75, 3.05) is 33.3 Å². The number of aliphatic hydroxyl groups excluding tert-OH is 1. The molecule has 0 radical (unpaired) electrons. The Kier molecular flexibility index (Phi) is 7.75. The lowest BCUT2D eigenvalue weighted by Crippen LogP contribution is -2.49. The van der Waals surface area contributed by atoms with Crippen molar-refractivity contribution in [3.05, 3.63) is 48.5 Å². The van der Waals surface area contributed by atoms with Gasteiger partial charge in [0.05, 0.1) is 6.61 Å². The van der Waals surface area contributed by atoms with Gasteiger partial charge in [0.1, 0.15) is 16.7 Å². The Hall–Kier alpha value is -1.93. The molecule has 170 valence electrons. The zero-order valence-corrected chi connectivity index (χ0v) is 19.7. The summed E-state index contributed by atoms with van der Waals surface area (Å²) in [6.45, 7) is 7.60. The van der Waals surface area contributed by atoms with Crippen LogP contribution in [-0.2, 0) is 10.0 Å². The van der Waals surface area contributed by atoms with Crippen LogP contribution in [-0.4, -0.2) is 68.2 Å². The Morgan fingerprint density at radius 1 is 1.19 bits per heavy atom. The summed E-state index contributed by atoms with van der Waals surface area (Å²) in [6, 6.07) is 14.6. The predicted molar refractivity (Wildman–Crippen MR) is 124 cm³/mol. The maximum atomic E-state index is 13.5. The van der Waals surface area contributed by atoms with E-state index in [9.17, 15) is 13.5 Å². The summed E-state index contributed by atoms with van der Waals surface area (Å²) in [5, 5.41) is 9.74. The third kappa shape index (κ3) is 5.29. The van der Waals surface area contributed by atoms with Gasteiger partial charge >= 0.3 is 0 Å². The molecule has 0 aromatic heterocycles. The van der Waals surface area contributed by atoms with Crippen LogP contribution in [0.3, 0.4) is 0 Å². The lowest BCUT2D eigenvalue weighted by Gasteiger charge is -2.37. The number of nitrogens with zero attached hydrogens (tertiary/aromatic N) is 2. The highest BCUT2D eigenvalue weighted by Gasteiger charge is 2.38. The summed E-state index contributed by atoms with van der Waals surface area (Å²) in [4.78, 5) is 2.38. The minimum atomic E-state index is -3.81. The van der Waals surface area contributed by atoms with Crippen molar-refractivity contribution < 1.29 is 18.3 Å². The van der Waals surface area contributed by atoms with Crippen LogP contribution in [0.15, 0.2) is 53.4 Å². The molecule has 0 unspecified atom stereocenters. The minimum Gasteiger partial charge on any atom is -0.487 e. The van der Waals surface area contributed by atoms with E-state index in [1.54, 1.807) is 13.0 Å². The molecule has 7 heteroatoms. The Labute approximate surface area is 186 Å². The smallest absolute Gasteiger partial charge is 0.247 e. The lowest BCUT2D eigenvalue weighted by molar-refractivity contribution is 0.0753. The topological polar surface area (TPSA) is 70.1 Å². The quantitative estimate of drug-likeness (QED) is 0.705. The molecule has 2 aromatic rings. The molecule has 1 aliphatic heterocycles. The lowest BCUT2D eigenvalue weighted by atomic mass is 10.0. The molecule has 0 aliphatic carbocycles. The highest BCUT2D eigenvalue weighted by molar-refractivity contribution is 7.89. The van der Waals surface area contributed by atoms with E-state index in [2.05, 4.69) is 18.9 Å². The molecule has 0 amide bonds. The maximum Gasteiger partial charge on any atom is 0.247 e. The van der Waals surface area contributed by atoms with E-state index in [4.69, 9.17) is 4.74 Å². The molecule has 3 atom stereocenters. The number of rotatable bonds is 7. The van der Waals surface area contributed by atoms with Crippen molar-refractivity contribution in [1.82, 2.24) is 9.21 Å². The van der Waals surface area contributed by atoms with E-state index in [-0.39, 0.29) is 23.5 Å². The number of ether oxygens (including phenoxy) is 1. The van der Waals surface area contributed by atoms with Gasteiger partial charge in [0.25, 0.3) is 0 Å². The molecule has 1 N–H and O–H groups in total. The van der Waals surface area contributed by atoms with Gasteiger partial charge < -0.3 is 14.7 Å². The first-order valence-corrected chi connectivity index (χ1v) is 12.4. The average molecular weight is 447 g/mol. The van der Waals surface area contributed by atoms with Gasteiger partial charge in [-0.2, -0.15) is 4.31 Å². The largest absolute Gasteiger partial charge is 0.487 e. The van der Waals surface area contributed by atoms with E-state index in [1.807, 2.05) is 49.4 Å². The molecule has 0 bridgehead atoms. The summed E-state index contributed by atoms with van der Waals surface area (Å²) in [7, 11) is -1.75. The highest BCUT2D eigenvalue weighted by atomic mass is 32.2. The van der Waals surface area contributed by atoms with Crippen LogP contribution in [0.25, 0.3) is 11.1 Å². The molecular formula is C24H34N2O4S. The minimum absolute atomic E-state index is 0.0448. The van der Waals surface area contributed by atoms with E-state index >= 15 is 0 Å². The molecule has 1 aliphatic rings. The van der Waals surface area contributed by atoms with Crippen molar-refractivity contribution in [1.29, 1.82) is 0 Å². The second-order valence-corrected chi connectivity index (χ2v) is 10.4. The first-order valence-electron chi connectivity index (χ1n) is 10.9. The summed E-state index contributed by atoms with van der Waals surface area (Å²) in [5.41, 5.74) is 1.91. The number of aliphatic hydroxyl groups is 1. The van der Waals surface area contributed by atoms with E-state index < -0.39 is 16.1 Å². The molecule has 3 rings (SSSR count). The van der Waals surface area contributed by atoms with Crippen LogP contribution >= 0.6 is 0 Å². The molecule has 2 aromatic carbocycles. The van der Waals surface area contributed by atoms with E-state index in [0.717, 1.165) is 24.1 Å². The van der Waals surface area contributed by atoms with Crippen molar-refractivity contribution in [3.8, 4) is 16.9 Å². The highest BCUT2D eigenvalue weighted by Crippen LogP contribution is 2.36. The van der Waals surface area contributed by atoms with E-state index in [1.165, 1.54) is 4.31 Å². The molecule has 0 saturated carbocycles. The summed E-state index contributed by atoms with van der Waals surface area (Å²) in [6.07, 6.45) is 0.860. The van der Waals surface area contributed by atoms with Gasteiger partial charge in [-0.3, -0.25) is 0 Å². The van der Waals surface area contributed by atoms with Crippen LogP contribution in [0.1, 0.15) is 27.2 Å². The van der Waals surface area contributed by atoms with E-state index in [0.29, 0.717) is 18.8 Å². The predicted octanol–water partition coefficient (Wildman–Crippen LogP) is 3.46. The van der Waals surface area contributed by atoms with Crippen molar-refractivity contribution in [3.63, 3.8) is 0 Å². The number of benzene rings is 2. The third-order valence-corrected chi connectivity index (χ3v) is 7.89. The molecule has 6 nitrogen and oxygen atoms in total. The first kappa shape index (κ1) is 23.7.